The highest BCUT2D eigenvalue weighted by Gasteiger charge is 2.26. The van der Waals surface area contributed by atoms with Gasteiger partial charge in [0.25, 0.3) is 0 Å². The summed E-state index contributed by atoms with van der Waals surface area (Å²) in [5.41, 5.74) is -0.488. The van der Waals surface area contributed by atoms with Crippen molar-refractivity contribution in [2.24, 2.45) is 0 Å². The van der Waals surface area contributed by atoms with Gasteiger partial charge in [0.1, 0.15) is 17.3 Å². The topological polar surface area (TPSA) is 90.3 Å². The van der Waals surface area contributed by atoms with Crippen LogP contribution in [0.1, 0.15) is 12.5 Å². The fourth-order valence-corrected chi connectivity index (χ4v) is 3.65. The number of hydrogen-bond acceptors (Lipinski definition) is 4. The summed E-state index contributed by atoms with van der Waals surface area (Å²) >= 11 is 0. The Kier molecular flexibility index (Phi) is 6.02. The fourth-order valence-electron chi connectivity index (χ4n) is 2.20. The van der Waals surface area contributed by atoms with Crippen molar-refractivity contribution >= 4 is 21.6 Å². The third-order valence-corrected chi connectivity index (χ3v) is 5.42. The summed E-state index contributed by atoms with van der Waals surface area (Å²) in [5, 5.41) is 10.9. The summed E-state index contributed by atoms with van der Waals surface area (Å²) in [5.74, 6) is -2.83. The van der Waals surface area contributed by atoms with Crippen molar-refractivity contribution in [3.8, 4) is 6.07 Å². The number of halogens is 2. The summed E-state index contributed by atoms with van der Waals surface area (Å²) in [6.45, 7) is 0.832. The molecule has 9 heteroatoms. The zero-order chi connectivity index (χ0) is 19.3. The van der Waals surface area contributed by atoms with Crippen molar-refractivity contribution in [3.05, 3.63) is 59.7 Å². The molecule has 0 aliphatic carbocycles. The van der Waals surface area contributed by atoms with Crippen molar-refractivity contribution in [2.45, 2.75) is 11.8 Å². The van der Waals surface area contributed by atoms with E-state index in [2.05, 4.69) is 0 Å². The van der Waals surface area contributed by atoms with E-state index in [1.165, 1.54) is 31.2 Å². The summed E-state index contributed by atoms with van der Waals surface area (Å²) in [7, 11) is -4.06. The molecule has 0 spiro atoms. The number of para-hydroxylation sites is 1. The van der Waals surface area contributed by atoms with Crippen LogP contribution in [-0.2, 0) is 14.8 Å². The minimum Gasteiger partial charge on any atom is -0.320 e. The molecule has 136 valence electrons. The first-order valence-electron chi connectivity index (χ1n) is 7.53. The Morgan fingerprint density at radius 3 is 2.38 bits per heavy atom. The van der Waals surface area contributed by atoms with Crippen LogP contribution in [0.5, 0.6) is 0 Å². The molecule has 0 saturated heterocycles. The number of rotatable bonds is 6. The predicted molar refractivity (Wildman–Crippen MR) is 90.6 cm³/mol. The molecule has 0 saturated carbocycles. The van der Waals surface area contributed by atoms with Gasteiger partial charge in [-0.15, -0.1) is 0 Å². The molecule has 2 rings (SSSR count). The first kappa shape index (κ1) is 19.5. The van der Waals surface area contributed by atoms with Crippen LogP contribution in [-0.4, -0.2) is 31.7 Å². The maximum absolute atomic E-state index is 13.6. The number of carbonyl (C=O) groups is 1. The van der Waals surface area contributed by atoms with Crippen LogP contribution >= 0.6 is 0 Å². The lowest BCUT2D eigenvalue weighted by atomic mass is 10.2. The molecule has 0 aliphatic rings. The van der Waals surface area contributed by atoms with E-state index in [1.807, 2.05) is 11.4 Å². The highest BCUT2D eigenvalue weighted by Crippen LogP contribution is 2.19. The van der Waals surface area contributed by atoms with E-state index in [4.69, 9.17) is 5.26 Å². The Labute approximate surface area is 149 Å². The van der Waals surface area contributed by atoms with E-state index < -0.39 is 39.8 Å². The molecule has 2 aromatic rings. The molecule has 0 atom stereocenters. The molecule has 0 unspecified atom stereocenters. The number of nitrogens with one attached hydrogen (secondary N) is 1. The van der Waals surface area contributed by atoms with Gasteiger partial charge in [0, 0.05) is 6.54 Å². The van der Waals surface area contributed by atoms with Crippen molar-refractivity contribution in [1.29, 1.82) is 5.26 Å². The number of likely N-dealkylation sites (N-methyl/N-ethyl adjacent to an activating group) is 1. The van der Waals surface area contributed by atoms with Gasteiger partial charge in [-0.05, 0) is 30.3 Å². The second-order valence-electron chi connectivity index (χ2n) is 5.22. The minimum absolute atomic E-state index is 0.0493. The van der Waals surface area contributed by atoms with Gasteiger partial charge in [0.15, 0.2) is 0 Å². The van der Waals surface area contributed by atoms with E-state index in [1.54, 1.807) is 0 Å². The Hall–Kier alpha value is -2.83. The number of hydrogen-bond donors (Lipinski definition) is 1. The molecule has 0 heterocycles. The largest absolute Gasteiger partial charge is 0.320 e. The number of nitrogens with zero attached hydrogens (tertiary/aromatic N) is 2. The molecule has 0 bridgehead atoms. The second kappa shape index (κ2) is 8.03. The highest BCUT2D eigenvalue weighted by atomic mass is 32.2. The molecule has 0 fully saturated rings. The first-order valence-corrected chi connectivity index (χ1v) is 8.97. The van der Waals surface area contributed by atoms with E-state index >= 15 is 0 Å². The van der Waals surface area contributed by atoms with Gasteiger partial charge in [-0.3, -0.25) is 4.79 Å². The van der Waals surface area contributed by atoms with Crippen molar-refractivity contribution in [1.82, 2.24) is 4.31 Å². The summed E-state index contributed by atoms with van der Waals surface area (Å²) in [6.07, 6.45) is 0. The van der Waals surface area contributed by atoms with Crippen LogP contribution < -0.4 is 5.32 Å². The maximum Gasteiger partial charge on any atom is 0.243 e. The van der Waals surface area contributed by atoms with Crippen molar-refractivity contribution in [2.75, 3.05) is 18.4 Å². The average Bonchev–Trinajstić information content (AvgIpc) is 2.62. The molecule has 0 aliphatic heterocycles. The van der Waals surface area contributed by atoms with E-state index in [-0.39, 0.29) is 17.0 Å². The van der Waals surface area contributed by atoms with Gasteiger partial charge in [0.05, 0.1) is 23.1 Å². The Balaban J connectivity index is 2.22. The smallest absolute Gasteiger partial charge is 0.243 e. The normalized spacial score (nSPS) is 11.2. The van der Waals surface area contributed by atoms with Crippen LogP contribution in [0.3, 0.4) is 0 Å². The Bertz CT molecular complexity index is 951. The molecule has 0 aromatic heterocycles. The second-order valence-corrected chi connectivity index (χ2v) is 7.15. The van der Waals surface area contributed by atoms with E-state index in [0.29, 0.717) is 0 Å². The third kappa shape index (κ3) is 4.22. The summed E-state index contributed by atoms with van der Waals surface area (Å²) in [4.78, 5) is 11.9. The monoisotopic (exact) mass is 379 g/mol. The number of carbonyl (C=O) groups excluding carboxylic acids is 1. The standard InChI is InChI=1S/C17H15F2N3O3S/c1-2-22(26(24,25)13-6-3-5-12(9-13)10-20)11-16(23)21-17-14(18)7-4-8-15(17)19/h3-9H,2,11H2,1H3,(H,21,23). The maximum atomic E-state index is 13.6. The molecule has 2 aromatic carbocycles. The zero-order valence-corrected chi connectivity index (χ0v) is 14.6. The average molecular weight is 379 g/mol. The predicted octanol–water partition coefficient (Wildman–Crippen LogP) is 2.49. The van der Waals surface area contributed by atoms with Crippen LogP contribution in [0.15, 0.2) is 47.4 Å². The third-order valence-electron chi connectivity index (χ3n) is 3.50. The summed E-state index contributed by atoms with van der Waals surface area (Å²) < 4.78 is 53.3. The van der Waals surface area contributed by atoms with Crippen LogP contribution in [0.4, 0.5) is 14.5 Å². The van der Waals surface area contributed by atoms with Crippen LogP contribution in [0.25, 0.3) is 0 Å². The highest BCUT2D eigenvalue weighted by molar-refractivity contribution is 7.89. The van der Waals surface area contributed by atoms with E-state index in [9.17, 15) is 22.0 Å². The number of amides is 1. The van der Waals surface area contributed by atoms with Gasteiger partial charge < -0.3 is 5.32 Å². The van der Waals surface area contributed by atoms with Gasteiger partial charge in [-0.1, -0.05) is 19.1 Å². The van der Waals surface area contributed by atoms with E-state index in [0.717, 1.165) is 22.5 Å². The summed E-state index contributed by atoms with van der Waals surface area (Å²) in [6, 6.07) is 10.3. The number of sulfonamides is 1. The Morgan fingerprint density at radius 1 is 1.19 bits per heavy atom. The molecular weight excluding hydrogens is 364 g/mol. The minimum atomic E-state index is -4.06. The molecule has 1 N–H and O–H groups in total. The zero-order valence-electron chi connectivity index (χ0n) is 13.7. The quantitative estimate of drug-likeness (QED) is 0.835. The van der Waals surface area contributed by atoms with Crippen molar-refractivity contribution < 1.29 is 22.0 Å². The number of benzene rings is 2. The molecule has 1 amide bonds. The lowest BCUT2D eigenvalue weighted by molar-refractivity contribution is -0.116. The SMILES string of the molecule is CCN(CC(=O)Nc1c(F)cccc1F)S(=O)(=O)c1cccc(C#N)c1. The Morgan fingerprint density at radius 2 is 1.81 bits per heavy atom. The van der Waals surface area contributed by atoms with Crippen LogP contribution in [0, 0.1) is 23.0 Å². The molecule has 26 heavy (non-hydrogen) atoms. The molecule has 6 nitrogen and oxygen atoms in total. The first-order chi connectivity index (χ1) is 12.3. The van der Waals surface area contributed by atoms with Gasteiger partial charge in [-0.2, -0.15) is 9.57 Å². The lowest BCUT2D eigenvalue weighted by Crippen LogP contribution is -2.38. The molecule has 0 radical (unpaired) electrons. The van der Waals surface area contributed by atoms with Crippen molar-refractivity contribution in [3.63, 3.8) is 0 Å². The number of nitriles is 1. The fraction of sp³-hybridized carbons (Fsp3) is 0.176. The van der Waals surface area contributed by atoms with Gasteiger partial charge in [-0.25, -0.2) is 17.2 Å². The van der Waals surface area contributed by atoms with Gasteiger partial charge in [0.2, 0.25) is 15.9 Å². The lowest BCUT2D eigenvalue weighted by Gasteiger charge is -2.20. The number of anilines is 1. The van der Waals surface area contributed by atoms with Crippen LogP contribution in [0.2, 0.25) is 0 Å². The van der Waals surface area contributed by atoms with Gasteiger partial charge >= 0.3 is 0 Å². The molecular formula is C17H15F2N3O3S.